The van der Waals surface area contributed by atoms with Crippen LogP contribution < -0.4 is 9.47 Å². The Kier molecular flexibility index (Phi) is 6.67. The number of rotatable bonds is 6. The van der Waals surface area contributed by atoms with Gasteiger partial charge in [0.15, 0.2) is 0 Å². The quantitative estimate of drug-likeness (QED) is 0.413. The van der Waals surface area contributed by atoms with Gasteiger partial charge in [-0.15, -0.1) is 0 Å². The van der Waals surface area contributed by atoms with Gasteiger partial charge in [0.2, 0.25) is 0 Å². The van der Waals surface area contributed by atoms with Crippen molar-refractivity contribution in [3.8, 4) is 23.0 Å². The molecule has 3 aromatic rings. The van der Waals surface area contributed by atoms with Gasteiger partial charge in [0.25, 0.3) is 0 Å². The average Bonchev–Trinajstić information content (AvgIpc) is 3.29. The first-order valence-corrected chi connectivity index (χ1v) is 12.8. The molecule has 1 saturated heterocycles. The molecule has 2 aliphatic heterocycles. The molecule has 0 aromatic heterocycles. The Hall–Kier alpha value is -3.44. The number of fused-ring (bicyclic) bond motifs is 1. The van der Waals surface area contributed by atoms with E-state index in [0.29, 0.717) is 12.6 Å². The van der Waals surface area contributed by atoms with Crippen molar-refractivity contribution in [1.29, 1.82) is 0 Å². The summed E-state index contributed by atoms with van der Waals surface area (Å²) in [6.45, 7) is 11.6. The second kappa shape index (κ2) is 9.90. The van der Waals surface area contributed by atoms with E-state index in [9.17, 15) is 10.2 Å². The Balaban J connectivity index is 1.45. The molecule has 2 aliphatic rings. The highest BCUT2D eigenvalue weighted by molar-refractivity contribution is 5.96. The predicted molar refractivity (Wildman–Crippen MR) is 144 cm³/mol. The fourth-order valence-corrected chi connectivity index (χ4v) is 5.43. The minimum Gasteiger partial charge on any atom is -0.508 e. The van der Waals surface area contributed by atoms with Gasteiger partial charge >= 0.3 is 0 Å². The highest BCUT2D eigenvalue weighted by Crippen LogP contribution is 2.48. The summed E-state index contributed by atoms with van der Waals surface area (Å²) in [6.07, 6.45) is 0.902. The number of phenolic OH excluding ortho intramolecular Hbond substituents is 2. The van der Waals surface area contributed by atoms with Crippen LogP contribution in [-0.4, -0.2) is 40.9 Å². The summed E-state index contributed by atoms with van der Waals surface area (Å²) in [6, 6.07) is 19.0. The Morgan fingerprint density at radius 2 is 1.83 bits per heavy atom. The summed E-state index contributed by atoms with van der Waals surface area (Å²) >= 11 is 0. The van der Waals surface area contributed by atoms with E-state index in [1.165, 1.54) is 6.42 Å². The lowest BCUT2D eigenvalue weighted by atomic mass is 9.85. The van der Waals surface area contributed by atoms with E-state index in [1.807, 2.05) is 31.2 Å². The van der Waals surface area contributed by atoms with Crippen molar-refractivity contribution < 1.29 is 19.7 Å². The van der Waals surface area contributed by atoms with E-state index in [-0.39, 0.29) is 17.6 Å². The van der Waals surface area contributed by atoms with Crippen LogP contribution >= 0.6 is 0 Å². The van der Waals surface area contributed by atoms with Crippen molar-refractivity contribution in [1.82, 2.24) is 4.90 Å². The summed E-state index contributed by atoms with van der Waals surface area (Å²) < 4.78 is 12.7. The SMILES string of the molecule is CC1=C(c2cccc(O)c2)C(c2ccc(OCC(C)N3CCC(C)C3)cc2C)Oc2ccc(O)cc21. The minimum absolute atomic E-state index is 0.195. The molecule has 36 heavy (non-hydrogen) atoms. The topological polar surface area (TPSA) is 62.2 Å². The van der Waals surface area contributed by atoms with Gasteiger partial charge in [0.05, 0.1) is 0 Å². The number of aryl methyl sites for hydroxylation is 1. The van der Waals surface area contributed by atoms with E-state index in [1.54, 1.807) is 24.3 Å². The number of allylic oxidation sites excluding steroid dienone is 1. The molecular weight excluding hydrogens is 450 g/mol. The fourth-order valence-electron chi connectivity index (χ4n) is 5.43. The molecule has 5 nitrogen and oxygen atoms in total. The Morgan fingerprint density at radius 1 is 1.03 bits per heavy atom. The zero-order chi connectivity index (χ0) is 25.4. The third kappa shape index (κ3) is 4.80. The van der Waals surface area contributed by atoms with Crippen molar-refractivity contribution in [3.63, 3.8) is 0 Å². The summed E-state index contributed by atoms with van der Waals surface area (Å²) in [5.74, 6) is 2.75. The van der Waals surface area contributed by atoms with Gasteiger partial charge in [-0.3, -0.25) is 4.90 Å². The van der Waals surface area contributed by atoms with Crippen molar-refractivity contribution in [2.75, 3.05) is 19.7 Å². The first kappa shape index (κ1) is 24.3. The summed E-state index contributed by atoms with van der Waals surface area (Å²) in [5.41, 5.74) is 5.84. The van der Waals surface area contributed by atoms with Crippen molar-refractivity contribution in [2.24, 2.45) is 5.92 Å². The van der Waals surface area contributed by atoms with Crippen LogP contribution in [0, 0.1) is 12.8 Å². The summed E-state index contributed by atoms with van der Waals surface area (Å²) in [5, 5.41) is 20.3. The number of ether oxygens (including phenoxy) is 2. The van der Waals surface area contributed by atoms with Gasteiger partial charge in [-0.2, -0.15) is 0 Å². The molecule has 0 radical (unpaired) electrons. The van der Waals surface area contributed by atoms with E-state index in [2.05, 4.69) is 37.8 Å². The number of hydrogen-bond acceptors (Lipinski definition) is 5. The van der Waals surface area contributed by atoms with Crippen LogP contribution in [0.2, 0.25) is 0 Å². The normalized spacial score (nSPS) is 20.7. The third-order valence-electron chi connectivity index (χ3n) is 7.53. The lowest BCUT2D eigenvalue weighted by Gasteiger charge is -2.32. The first-order valence-electron chi connectivity index (χ1n) is 12.8. The smallest absolute Gasteiger partial charge is 0.150 e. The molecule has 2 heterocycles. The van der Waals surface area contributed by atoms with Crippen LogP contribution in [0.4, 0.5) is 0 Å². The molecule has 3 unspecified atom stereocenters. The molecule has 5 heteroatoms. The van der Waals surface area contributed by atoms with E-state index in [4.69, 9.17) is 9.47 Å². The number of aromatic hydroxyl groups is 2. The molecule has 1 fully saturated rings. The lowest BCUT2D eigenvalue weighted by molar-refractivity contribution is 0.169. The number of hydrogen-bond donors (Lipinski definition) is 2. The number of benzene rings is 3. The first-order chi connectivity index (χ1) is 17.3. The fraction of sp³-hybridized carbons (Fsp3) is 0.355. The van der Waals surface area contributed by atoms with Gasteiger partial charge in [0.1, 0.15) is 35.7 Å². The molecule has 188 valence electrons. The van der Waals surface area contributed by atoms with Gasteiger partial charge in [-0.05, 0) is 98.8 Å². The Morgan fingerprint density at radius 3 is 2.56 bits per heavy atom. The van der Waals surface area contributed by atoms with Crippen LogP contribution in [0.15, 0.2) is 60.7 Å². The summed E-state index contributed by atoms with van der Waals surface area (Å²) in [7, 11) is 0. The third-order valence-corrected chi connectivity index (χ3v) is 7.53. The van der Waals surface area contributed by atoms with Crippen LogP contribution in [0.25, 0.3) is 11.1 Å². The molecule has 3 aromatic carbocycles. The van der Waals surface area contributed by atoms with Crippen molar-refractivity contribution in [3.05, 3.63) is 82.9 Å². The van der Waals surface area contributed by atoms with Gasteiger partial charge < -0.3 is 19.7 Å². The largest absolute Gasteiger partial charge is 0.508 e. The highest BCUT2D eigenvalue weighted by Gasteiger charge is 2.31. The molecule has 2 N–H and O–H groups in total. The van der Waals surface area contributed by atoms with E-state index >= 15 is 0 Å². The van der Waals surface area contributed by atoms with Crippen LogP contribution in [0.3, 0.4) is 0 Å². The standard InChI is InChI=1S/C31H35NO4/c1-19-12-13-32(17-19)21(3)18-35-26-9-10-27(20(2)14-26)31-30(23-6-5-7-24(33)15-23)22(4)28-16-25(34)8-11-29(28)36-31/h5-11,14-16,19,21,31,33-34H,12-13,17-18H2,1-4H3. The van der Waals surface area contributed by atoms with Gasteiger partial charge in [0, 0.05) is 29.3 Å². The second-order valence-corrected chi connectivity index (χ2v) is 10.3. The number of phenols is 2. The highest BCUT2D eigenvalue weighted by atomic mass is 16.5. The van der Waals surface area contributed by atoms with E-state index in [0.717, 1.165) is 63.9 Å². The number of likely N-dealkylation sites (tertiary alicyclic amines) is 1. The second-order valence-electron chi connectivity index (χ2n) is 10.3. The molecule has 0 bridgehead atoms. The Bertz CT molecular complexity index is 1300. The molecule has 3 atom stereocenters. The van der Waals surface area contributed by atoms with Crippen molar-refractivity contribution in [2.45, 2.75) is 46.3 Å². The predicted octanol–water partition coefficient (Wildman–Crippen LogP) is 6.58. The zero-order valence-electron chi connectivity index (χ0n) is 21.5. The van der Waals surface area contributed by atoms with Gasteiger partial charge in [-0.1, -0.05) is 25.1 Å². The maximum atomic E-state index is 10.2. The van der Waals surface area contributed by atoms with E-state index < -0.39 is 0 Å². The maximum absolute atomic E-state index is 10.2. The molecule has 5 rings (SSSR count). The lowest BCUT2D eigenvalue weighted by Crippen LogP contribution is -2.35. The molecule has 0 spiro atoms. The van der Waals surface area contributed by atoms with Crippen molar-refractivity contribution >= 4 is 11.1 Å². The minimum atomic E-state index is -0.358. The van der Waals surface area contributed by atoms with Crippen LogP contribution in [0.5, 0.6) is 23.0 Å². The average molecular weight is 486 g/mol. The summed E-state index contributed by atoms with van der Waals surface area (Å²) in [4.78, 5) is 2.51. The van der Waals surface area contributed by atoms with Gasteiger partial charge in [-0.25, -0.2) is 0 Å². The zero-order valence-corrected chi connectivity index (χ0v) is 21.5. The molecule has 0 aliphatic carbocycles. The number of nitrogens with zero attached hydrogens (tertiary/aromatic N) is 1. The Labute approximate surface area is 213 Å². The molecular formula is C31H35NO4. The maximum Gasteiger partial charge on any atom is 0.150 e. The molecule has 0 saturated carbocycles. The van der Waals surface area contributed by atoms with Crippen LogP contribution in [0.1, 0.15) is 55.5 Å². The molecule has 0 amide bonds. The van der Waals surface area contributed by atoms with Crippen LogP contribution in [-0.2, 0) is 0 Å². The monoisotopic (exact) mass is 485 g/mol.